The summed E-state index contributed by atoms with van der Waals surface area (Å²) in [7, 11) is 0. The van der Waals surface area contributed by atoms with Gasteiger partial charge in [0.2, 0.25) is 0 Å². The molecule has 0 heterocycles. The van der Waals surface area contributed by atoms with Crippen molar-refractivity contribution in [3.05, 3.63) is 142 Å². The van der Waals surface area contributed by atoms with E-state index in [2.05, 4.69) is 152 Å². The van der Waals surface area contributed by atoms with Crippen LogP contribution in [0, 0.1) is 55.4 Å². The van der Waals surface area contributed by atoms with Crippen LogP contribution in [0.3, 0.4) is 0 Å². The van der Waals surface area contributed by atoms with Crippen molar-refractivity contribution in [3.8, 4) is 22.3 Å². The predicted octanol–water partition coefficient (Wildman–Crippen LogP) is 13.8. The molecule has 0 nitrogen and oxygen atoms in total. The molecule has 0 aromatic heterocycles. The molecule has 0 aliphatic carbocycles. The van der Waals surface area contributed by atoms with Gasteiger partial charge >= 0.3 is 0 Å². The Hall–Kier alpha value is -5.20. The molecule has 0 bridgehead atoms. The molecule has 0 fully saturated rings. The Kier molecular flexibility index (Phi) is 6.13. The molecule has 0 unspecified atom stereocenters. The van der Waals surface area contributed by atoms with Gasteiger partial charge in [0.05, 0.1) is 21.9 Å². The highest BCUT2D eigenvalue weighted by Crippen LogP contribution is 2.50. The van der Waals surface area contributed by atoms with E-state index in [1.807, 2.05) is 0 Å². The van der Waals surface area contributed by atoms with Crippen LogP contribution in [0.1, 0.15) is 44.5 Å². The molecular weight excluding hydrogens is 577 g/mol. The summed E-state index contributed by atoms with van der Waals surface area (Å²) in [5.41, 5.74) is 16.0. The first-order valence-corrected chi connectivity index (χ1v) is 17.3. The molecule has 0 saturated carbocycles. The Balaban J connectivity index is 1.64. The molecule has 0 aliphatic rings. The molecule has 0 heteroatoms. The molecule has 0 atom stereocenters. The summed E-state index contributed by atoms with van der Waals surface area (Å²) in [6.07, 6.45) is 0. The molecule has 232 valence electrons. The highest BCUT2D eigenvalue weighted by atomic mass is 14.3. The lowest BCUT2D eigenvalue weighted by molar-refractivity contribution is 1.33. The van der Waals surface area contributed by atoms with Gasteiger partial charge in [0.15, 0.2) is 0 Å². The second-order valence-corrected chi connectivity index (χ2v) is 14.6. The number of hydrogen-bond donors (Lipinski definition) is 0. The van der Waals surface area contributed by atoms with Crippen molar-refractivity contribution < 1.29 is 0 Å². The number of fused-ring (bicyclic) bond motifs is 4. The molecule has 0 aliphatic heterocycles. The normalized spacial score (nSPS) is 12.2. The molecule has 0 amide bonds. The highest BCUT2D eigenvalue weighted by molar-refractivity contribution is 6.35. The van der Waals surface area contributed by atoms with E-state index >= 15 is 0 Å². The van der Waals surface area contributed by atoms with Gasteiger partial charge in [-0.3, -0.25) is 0 Å². The van der Waals surface area contributed by atoms with Crippen LogP contribution in [0.5, 0.6) is 0 Å². The van der Waals surface area contributed by atoms with Gasteiger partial charge in [0.25, 0.3) is 0 Å². The smallest absolute Gasteiger partial charge is 0.0650 e. The second kappa shape index (κ2) is 10.1. The lowest BCUT2D eigenvalue weighted by atomic mass is 9.79. The topological polar surface area (TPSA) is 0 Å². The molecule has 0 radical (unpaired) electrons. The third-order valence-electron chi connectivity index (χ3n) is 11.1. The van der Waals surface area contributed by atoms with Crippen LogP contribution >= 0.6 is 0 Å². The van der Waals surface area contributed by atoms with Crippen molar-refractivity contribution in [2.75, 3.05) is 0 Å². The Morgan fingerprint density at radius 2 is 1.08 bits per heavy atom. The lowest BCUT2D eigenvalue weighted by Crippen LogP contribution is -1.98. The minimum atomic E-state index is 1.30. The van der Waals surface area contributed by atoms with Gasteiger partial charge in [-0.05, 0) is 148 Å². The number of aryl methyl sites for hydroxylation is 8. The SMILES string of the molecule is Cc1cc(C)c(-c2c3cc4c(cc3c3c(C)ccc5[cH-]ccc2c53)c2c(C)ccc3cccc(c32)[c+]4-c2c(C)cc(C)cc2C)c(C)c1. The zero-order chi connectivity index (χ0) is 33.2. The molecule has 48 heavy (non-hydrogen) atoms. The third kappa shape index (κ3) is 3.90. The van der Waals surface area contributed by atoms with E-state index in [9.17, 15) is 0 Å². The van der Waals surface area contributed by atoms with Gasteiger partial charge in [-0.15, -0.1) is 35.7 Å². The fourth-order valence-electron chi connectivity index (χ4n) is 9.48. The van der Waals surface area contributed by atoms with E-state index in [1.54, 1.807) is 0 Å². The van der Waals surface area contributed by atoms with Crippen LogP contribution in [0.15, 0.2) is 97.1 Å². The van der Waals surface area contributed by atoms with Crippen molar-refractivity contribution in [3.63, 3.8) is 0 Å². The Labute approximate surface area is 283 Å². The van der Waals surface area contributed by atoms with Crippen molar-refractivity contribution in [1.29, 1.82) is 0 Å². The average molecular weight is 617 g/mol. The van der Waals surface area contributed by atoms with Crippen molar-refractivity contribution in [2.24, 2.45) is 0 Å². The standard InChI is InChI=1S/C48H40/c1-25-19-29(5)41(30(6)20-25)47-35-13-9-11-33-17-15-27(3)43(45(33)35)37-23-38-40(24-39(37)47)48(42-31(7)21-26(2)22-32(42)8)36-14-10-12-34-18-16-28(4)44(38)46(34)36/h9-24H,1-8H3. The Morgan fingerprint density at radius 1 is 0.438 bits per heavy atom. The van der Waals surface area contributed by atoms with Crippen LogP contribution < -0.4 is 0 Å². The summed E-state index contributed by atoms with van der Waals surface area (Å²) in [6.45, 7) is 18.2. The maximum absolute atomic E-state index is 2.58. The van der Waals surface area contributed by atoms with Crippen LogP contribution in [0.2, 0.25) is 0 Å². The fourth-order valence-corrected chi connectivity index (χ4v) is 9.48. The predicted molar refractivity (Wildman–Crippen MR) is 211 cm³/mol. The molecule has 0 spiro atoms. The van der Waals surface area contributed by atoms with E-state index in [1.165, 1.54) is 131 Å². The lowest BCUT2D eigenvalue weighted by Gasteiger charge is -2.24. The average Bonchev–Trinajstić information content (AvgIpc) is 3.04. The molecule has 9 aromatic carbocycles. The van der Waals surface area contributed by atoms with Crippen LogP contribution in [0.4, 0.5) is 0 Å². The van der Waals surface area contributed by atoms with E-state index in [4.69, 9.17) is 0 Å². The molecule has 9 rings (SSSR count). The number of benzene rings is 9. The van der Waals surface area contributed by atoms with E-state index in [0.717, 1.165) is 0 Å². The van der Waals surface area contributed by atoms with Crippen LogP contribution in [-0.2, 0) is 0 Å². The Bertz CT molecular complexity index is 2600. The van der Waals surface area contributed by atoms with Crippen LogP contribution in [0.25, 0.3) is 86.9 Å². The first kappa shape index (κ1) is 29.0. The first-order chi connectivity index (χ1) is 23.1. The number of rotatable bonds is 2. The summed E-state index contributed by atoms with van der Waals surface area (Å²) >= 11 is 0. The molecule has 9 aromatic rings. The quantitative estimate of drug-likeness (QED) is 0.103. The summed E-state index contributed by atoms with van der Waals surface area (Å²) < 4.78 is 0. The van der Waals surface area contributed by atoms with Crippen LogP contribution in [-0.4, -0.2) is 0 Å². The molecule has 0 saturated heterocycles. The monoisotopic (exact) mass is 616 g/mol. The van der Waals surface area contributed by atoms with Gasteiger partial charge in [0.1, 0.15) is 0 Å². The van der Waals surface area contributed by atoms with Crippen molar-refractivity contribution in [2.45, 2.75) is 55.4 Å². The minimum absolute atomic E-state index is 1.30. The van der Waals surface area contributed by atoms with Gasteiger partial charge in [-0.2, -0.15) is 0 Å². The maximum atomic E-state index is 2.58. The highest BCUT2D eigenvalue weighted by Gasteiger charge is 2.26. The third-order valence-corrected chi connectivity index (χ3v) is 11.1. The summed E-state index contributed by atoms with van der Waals surface area (Å²) in [5, 5.41) is 16.1. The maximum Gasteiger partial charge on any atom is 0.0650 e. The fraction of sp³-hybridized carbons (Fsp3) is 0.167. The largest absolute Gasteiger partial charge is 0.145 e. The van der Waals surface area contributed by atoms with Gasteiger partial charge < -0.3 is 0 Å². The number of hydrogen-bond acceptors (Lipinski definition) is 0. The first-order valence-electron chi connectivity index (χ1n) is 17.3. The van der Waals surface area contributed by atoms with E-state index < -0.39 is 0 Å². The van der Waals surface area contributed by atoms with Gasteiger partial charge in [0, 0.05) is 38.1 Å². The zero-order valence-corrected chi connectivity index (χ0v) is 29.2. The second-order valence-electron chi connectivity index (χ2n) is 14.6. The molecular formula is C48H40. The van der Waals surface area contributed by atoms with Gasteiger partial charge in [-0.25, -0.2) is 0 Å². The van der Waals surface area contributed by atoms with Crippen molar-refractivity contribution >= 4 is 64.6 Å². The van der Waals surface area contributed by atoms with Crippen molar-refractivity contribution in [1.82, 2.24) is 0 Å². The van der Waals surface area contributed by atoms with E-state index in [0.29, 0.717) is 0 Å². The summed E-state index contributed by atoms with van der Waals surface area (Å²) in [6, 6.07) is 37.6. The zero-order valence-electron chi connectivity index (χ0n) is 29.2. The summed E-state index contributed by atoms with van der Waals surface area (Å²) in [4.78, 5) is 0. The van der Waals surface area contributed by atoms with E-state index in [-0.39, 0.29) is 0 Å². The van der Waals surface area contributed by atoms with Gasteiger partial charge in [-0.1, -0.05) is 40.1 Å². The Morgan fingerprint density at radius 3 is 1.79 bits per heavy atom. The summed E-state index contributed by atoms with van der Waals surface area (Å²) in [5.74, 6) is 0. The molecule has 0 N–H and O–H groups in total. The minimum Gasteiger partial charge on any atom is -0.145 e.